The number of carboxylic acids is 1. The van der Waals surface area contributed by atoms with E-state index in [1.807, 2.05) is 0 Å². The highest BCUT2D eigenvalue weighted by atomic mass is 16.5. The molecule has 1 aromatic heterocycles. The molecule has 0 aliphatic carbocycles. The molecular formula is C11H15NO6. The van der Waals surface area contributed by atoms with E-state index in [1.165, 1.54) is 12.0 Å². The maximum atomic E-state index is 11.9. The third-order valence-electron chi connectivity index (χ3n) is 2.28. The van der Waals surface area contributed by atoms with Crippen molar-refractivity contribution in [3.63, 3.8) is 0 Å². The molecule has 1 heterocycles. The lowest BCUT2D eigenvalue weighted by Gasteiger charge is -2.19. The van der Waals surface area contributed by atoms with Gasteiger partial charge in [-0.1, -0.05) is 0 Å². The van der Waals surface area contributed by atoms with Crippen LogP contribution in [-0.2, 0) is 4.74 Å². The predicted molar refractivity (Wildman–Crippen MR) is 60.5 cm³/mol. The van der Waals surface area contributed by atoms with E-state index >= 15 is 0 Å². The summed E-state index contributed by atoms with van der Waals surface area (Å²) in [5.74, 6) is -1.71. The molecule has 0 radical (unpaired) electrons. The molecule has 1 amide bonds. The molecule has 0 atom stereocenters. The van der Waals surface area contributed by atoms with Gasteiger partial charge in [-0.2, -0.15) is 0 Å². The van der Waals surface area contributed by atoms with E-state index < -0.39 is 11.9 Å². The van der Waals surface area contributed by atoms with Crippen molar-refractivity contribution in [2.45, 2.75) is 0 Å². The zero-order valence-corrected chi connectivity index (χ0v) is 9.96. The molecule has 0 aromatic carbocycles. The Balaban J connectivity index is 2.77. The molecule has 0 saturated carbocycles. The highest BCUT2D eigenvalue weighted by molar-refractivity contribution is 5.95. The van der Waals surface area contributed by atoms with Crippen LogP contribution in [0, 0.1) is 0 Å². The van der Waals surface area contributed by atoms with E-state index in [4.69, 9.17) is 19.4 Å². The molecule has 7 heteroatoms. The van der Waals surface area contributed by atoms with Gasteiger partial charge in [0.05, 0.1) is 18.8 Å². The first-order valence-corrected chi connectivity index (χ1v) is 5.31. The van der Waals surface area contributed by atoms with Crippen molar-refractivity contribution in [2.24, 2.45) is 0 Å². The largest absolute Gasteiger partial charge is 0.478 e. The normalized spacial score (nSPS) is 10.3. The standard InChI is InChI=1S/C11H15NO6/c1-17-5-3-12(2-4-13)10(14)9-6-8(7-18-9)11(15)16/h6-7,13H,2-5H2,1H3,(H,15,16). The van der Waals surface area contributed by atoms with E-state index in [0.717, 1.165) is 12.3 Å². The fourth-order valence-corrected chi connectivity index (χ4v) is 1.35. The average Bonchev–Trinajstić information content (AvgIpc) is 2.83. The predicted octanol–water partition coefficient (Wildman–Crippen LogP) is 0.0587. The highest BCUT2D eigenvalue weighted by Crippen LogP contribution is 2.10. The molecule has 0 saturated heterocycles. The number of furan rings is 1. The molecule has 1 rings (SSSR count). The minimum Gasteiger partial charge on any atom is -0.478 e. The number of aliphatic hydroxyl groups is 1. The number of hydrogen-bond donors (Lipinski definition) is 2. The van der Waals surface area contributed by atoms with E-state index in [-0.39, 0.29) is 24.5 Å². The maximum Gasteiger partial charge on any atom is 0.338 e. The summed E-state index contributed by atoms with van der Waals surface area (Å²) >= 11 is 0. The fourth-order valence-electron chi connectivity index (χ4n) is 1.35. The summed E-state index contributed by atoms with van der Waals surface area (Å²) in [5.41, 5.74) is -0.0889. The Kier molecular flexibility index (Phi) is 5.34. The first kappa shape index (κ1) is 14.2. The number of methoxy groups -OCH3 is 1. The molecule has 0 spiro atoms. The van der Waals surface area contributed by atoms with Gasteiger partial charge in [-0.25, -0.2) is 4.79 Å². The second-order valence-corrected chi connectivity index (χ2v) is 3.51. The summed E-state index contributed by atoms with van der Waals surface area (Å²) in [6.07, 6.45) is 1.00. The molecule has 0 unspecified atom stereocenters. The first-order chi connectivity index (χ1) is 8.60. The Morgan fingerprint density at radius 2 is 2.17 bits per heavy atom. The second kappa shape index (κ2) is 6.77. The van der Waals surface area contributed by atoms with Gasteiger partial charge in [-0.3, -0.25) is 4.79 Å². The van der Waals surface area contributed by atoms with Crippen LogP contribution in [0.25, 0.3) is 0 Å². The summed E-state index contributed by atoms with van der Waals surface area (Å²) in [7, 11) is 1.50. The Morgan fingerprint density at radius 3 is 2.67 bits per heavy atom. The molecule has 2 N–H and O–H groups in total. The lowest BCUT2D eigenvalue weighted by molar-refractivity contribution is 0.0625. The summed E-state index contributed by atoms with van der Waals surface area (Å²) in [4.78, 5) is 23.9. The van der Waals surface area contributed by atoms with Crippen LogP contribution < -0.4 is 0 Å². The molecule has 100 valence electrons. The number of rotatable bonds is 7. The Hall–Kier alpha value is -1.86. The number of hydrogen-bond acceptors (Lipinski definition) is 5. The maximum absolute atomic E-state index is 11.9. The summed E-state index contributed by atoms with van der Waals surface area (Å²) in [5, 5.41) is 17.6. The molecule has 0 fully saturated rings. The summed E-state index contributed by atoms with van der Waals surface area (Å²) in [6, 6.07) is 1.15. The first-order valence-electron chi connectivity index (χ1n) is 5.31. The zero-order valence-electron chi connectivity index (χ0n) is 9.96. The smallest absolute Gasteiger partial charge is 0.338 e. The van der Waals surface area contributed by atoms with E-state index in [0.29, 0.717) is 13.2 Å². The average molecular weight is 257 g/mol. The number of aromatic carboxylic acids is 1. The van der Waals surface area contributed by atoms with Crippen LogP contribution in [0.3, 0.4) is 0 Å². The van der Waals surface area contributed by atoms with Gasteiger partial charge >= 0.3 is 5.97 Å². The molecular weight excluding hydrogens is 242 g/mol. The van der Waals surface area contributed by atoms with Crippen molar-refractivity contribution in [1.82, 2.24) is 4.90 Å². The Labute approximate surface area is 104 Å². The van der Waals surface area contributed by atoms with Crippen LogP contribution >= 0.6 is 0 Å². The second-order valence-electron chi connectivity index (χ2n) is 3.51. The fraction of sp³-hybridized carbons (Fsp3) is 0.455. The number of nitrogens with zero attached hydrogens (tertiary/aromatic N) is 1. The SMILES string of the molecule is COCCN(CCO)C(=O)c1cc(C(=O)O)co1. The van der Waals surface area contributed by atoms with Crippen LogP contribution in [0.1, 0.15) is 20.9 Å². The topological polar surface area (TPSA) is 100 Å². The number of carbonyl (C=O) groups excluding carboxylic acids is 1. The quantitative estimate of drug-likeness (QED) is 0.716. The number of aliphatic hydroxyl groups excluding tert-OH is 1. The van der Waals surface area contributed by atoms with Gasteiger partial charge in [0.1, 0.15) is 6.26 Å². The molecule has 0 aliphatic rings. The van der Waals surface area contributed by atoms with Gasteiger partial charge in [0.15, 0.2) is 5.76 Å². The van der Waals surface area contributed by atoms with Crippen molar-refractivity contribution in [3.05, 3.63) is 23.7 Å². The monoisotopic (exact) mass is 257 g/mol. The van der Waals surface area contributed by atoms with Crippen molar-refractivity contribution in [2.75, 3.05) is 33.4 Å². The van der Waals surface area contributed by atoms with Crippen LogP contribution in [0.2, 0.25) is 0 Å². The minimum atomic E-state index is -1.16. The molecule has 0 aliphatic heterocycles. The van der Waals surface area contributed by atoms with Crippen molar-refractivity contribution < 1.29 is 29.0 Å². The van der Waals surface area contributed by atoms with Gasteiger partial charge < -0.3 is 24.3 Å². The molecule has 1 aromatic rings. The van der Waals surface area contributed by atoms with Crippen molar-refractivity contribution in [1.29, 1.82) is 0 Å². The van der Waals surface area contributed by atoms with Crippen LogP contribution in [0.15, 0.2) is 16.7 Å². The minimum absolute atomic E-state index is 0.0723. The molecule has 0 bridgehead atoms. The highest BCUT2D eigenvalue weighted by Gasteiger charge is 2.20. The van der Waals surface area contributed by atoms with Crippen LogP contribution in [0.4, 0.5) is 0 Å². The van der Waals surface area contributed by atoms with Crippen LogP contribution in [0.5, 0.6) is 0 Å². The lowest BCUT2D eigenvalue weighted by atomic mass is 10.3. The number of carbonyl (C=O) groups is 2. The third kappa shape index (κ3) is 3.57. The lowest BCUT2D eigenvalue weighted by Crippen LogP contribution is -2.36. The molecule has 18 heavy (non-hydrogen) atoms. The summed E-state index contributed by atoms with van der Waals surface area (Å²) < 4.78 is 9.75. The van der Waals surface area contributed by atoms with Crippen molar-refractivity contribution >= 4 is 11.9 Å². The van der Waals surface area contributed by atoms with E-state index in [9.17, 15) is 9.59 Å². The van der Waals surface area contributed by atoms with Gasteiger partial charge in [-0.05, 0) is 0 Å². The number of amides is 1. The van der Waals surface area contributed by atoms with E-state index in [1.54, 1.807) is 0 Å². The van der Waals surface area contributed by atoms with Gasteiger partial charge in [0, 0.05) is 26.3 Å². The van der Waals surface area contributed by atoms with Crippen molar-refractivity contribution in [3.8, 4) is 0 Å². The Bertz CT molecular complexity index is 413. The van der Waals surface area contributed by atoms with E-state index in [2.05, 4.69) is 0 Å². The van der Waals surface area contributed by atoms with Gasteiger partial charge in [0.2, 0.25) is 0 Å². The summed E-state index contributed by atoms with van der Waals surface area (Å²) in [6.45, 7) is 0.546. The number of carboxylic acid groups (broad SMARTS) is 1. The Morgan fingerprint density at radius 1 is 1.44 bits per heavy atom. The number of ether oxygens (including phenoxy) is 1. The van der Waals surface area contributed by atoms with Crippen LogP contribution in [-0.4, -0.2) is 60.4 Å². The zero-order chi connectivity index (χ0) is 13.5. The van der Waals surface area contributed by atoms with Gasteiger partial charge in [0.25, 0.3) is 5.91 Å². The van der Waals surface area contributed by atoms with Gasteiger partial charge in [-0.15, -0.1) is 0 Å². The third-order valence-corrected chi connectivity index (χ3v) is 2.28. The molecule has 7 nitrogen and oxygen atoms in total.